The van der Waals surface area contributed by atoms with Gasteiger partial charge in [0.15, 0.2) is 9.84 Å². The van der Waals surface area contributed by atoms with E-state index in [2.05, 4.69) is 9.97 Å². The number of halogens is 2. The molecule has 0 aliphatic carbocycles. The van der Waals surface area contributed by atoms with E-state index in [0.717, 1.165) is 30.4 Å². The second-order valence-corrected chi connectivity index (χ2v) is 9.90. The van der Waals surface area contributed by atoms with E-state index in [1.54, 1.807) is 0 Å². The van der Waals surface area contributed by atoms with E-state index in [-0.39, 0.29) is 27.7 Å². The van der Waals surface area contributed by atoms with Crippen LogP contribution in [0.5, 0.6) is 5.75 Å². The molecule has 0 saturated carbocycles. The molecule has 0 spiro atoms. The van der Waals surface area contributed by atoms with Crippen LogP contribution in [0.3, 0.4) is 0 Å². The zero-order valence-electron chi connectivity index (χ0n) is 17.8. The molecule has 1 aliphatic heterocycles. The first kappa shape index (κ1) is 22.1. The minimum absolute atomic E-state index is 0.0864. The van der Waals surface area contributed by atoms with Gasteiger partial charge in [0.2, 0.25) is 5.95 Å². The highest BCUT2D eigenvalue weighted by Gasteiger charge is 2.29. The van der Waals surface area contributed by atoms with E-state index < -0.39 is 21.5 Å². The van der Waals surface area contributed by atoms with E-state index in [9.17, 15) is 17.2 Å². The van der Waals surface area contributed by atoms with E-state index >= 15 is 0 Å². The van der Waals surface area contributed by atoms with Crippen molar-refractivity contribution in [2.45, 2.75) is 18.2 Å². The van der Waals surface area contributed by atoms with Crippen LogP contribution in [-0.4, -0.2) is 44.3 Å². The topological polar surface area (TPSA) is 72.4 Å². The third kappa shape index (κ3) is 4.72. The van der Waals surface area contributed by atoms with Crippen LogP contribution in [0.15, 0.2) is 53.7 Å². The van der Waals surface area contributed by atoms with Crippen molar-refractivity contribution in [1.82, 2.24) is 9.97 Å². The molecule has 0 N–H and O–H groups in total. The molecule has 2 heterocycles. The zero-order chi connectivity index (χ0) is 22.9. The van der Waals surface area contributed by atoms with Gasteiger partial charge in [0.1, 0.15) is 17.4 Å². The van der Waals surface area contributed by atoms with Gasteiger partial charge in [-0.25, -0.2) is 27.2 Å². The average molecular weight is 460 g/mol. The Morgan fingerprint density at radius 3 is 2.19 bits per heavy atom. The number of sulfone groups is 1. The van der Waals surface area contributed by atoms with Crippen LogP contribution in [0, 0.1) is 17.6 Å². The number of aromatic nitrogens is 2. The molecule has 1 aromatic heterocycles. The molecule has 32 heavy (non-hydrogen) atoms. The van der Waals surface area contributed by atoms with Gasteiger partial charge in [-0.15, -0.1) is 0 Å². The molecule has 1 fully saturated rings. The third-order valence-corrected chi connectivity index (χ3v) is 6.54. The predicted octanol–water partition coefficient (Wildman–Crippen LogP) is 3.90. The summed E-state index contributed by atoms with van der Waals surface area (Å²) < 4.78 is 58.0. The van der Waals surface area contributed by atoms with E-state index in [0.29, 0.717) is 25.6 Å². The average Bonchev–Trinajstić information content (AvgIpc) is 2.72. The first-order valence-corrected chi connectivity index (χ1v) is 12.1. The van der Waals surface area contributed by atoms with Crippen LogP contribution < -0.4 is 9.64 Å². The Balaban J connectivity index is 1.37. The van der Waals surface area contributed by atoms with Crippen molar-refractivity contribution in [3.8, 4) is 16.9 Å². The van der Waals surface area contributed by atoms with Crippen molar-refractivity contribution < 1.29 is 21.9 Å². The molecular formula is C23H23F2N3O3S. The third-order valence-electron chi connectivity index (χ3n) is 5.41. The minimum Gasteiger partial charge on any atom is -0.493 e. The number of anilines is 1. The molecule has 0 atom stereocenters. The Morgan fingerprint density at radius 2 is 1.66 bits per heavy atom. The summed E-state index contributed by atoms with van der Waals surface area (Å²) in [5.74, 6) is -0.558. The molecule has 3 aromatic rings. The highest BCUT2D eigenvalue weighted by Crippen LogP contribution is 2.31. The molecule has 4 rings (SSSR count). The summed E-state index contributed by atoms with van der Waals surface area (Å²) in [7, 11) is -3.39. The highest BCUT2D eigenvalue weighted by atomic mass is 32.2. The number of hydrogen-bond donors (Lipinski definition) is 0. The van der Waals surface area contributed by atoms with Crippen molar-refractivity contribution in [2.24, 2.45) is 5.92 Å². The van der Waals surface area contributed by atoms with Crippen molar-refractivity contribution in [1.29, 1.82) is 0 Å². The van der Waals surface area contributed by atoms with Gasteiger partial charge in [0.25, 0.3) is 0 Å². The summed E-state index contributed by atoms with van der Waals surface area (Å²) in [6.07, 6.45) is 5.59. The number of benzene rings is 2. The summed E-state index contributed by atoms with van der Waals surface area (Å²) in [5, 5.41) is 0. The fourth-order valence-electron chi connectivity index (χ4n) is 3.52. The fourth-order valence-corrected chi connectivity index (χ4v) is 4.15. The van der Waals surface area contributed by atoms with E-state index in [4.69, 9.17) is 4.74 Å². The summed E-state index contributed by atoms with van der Waals surface area (Å²) in [6, 6.07) is 7.72. The lowest BCUT2D eigenvalue weighted by molar-refractivity contribution is 0.218. The SMILES string of the molecule is CCc1cnc(N2CC(COc3cc(F)c(-c4ccc(S(C)(=O)=O)cc4)c(F)c3)C2)nc1. The Kier molecular flexibility index (Phi) is 6.10. The van der Waals surface area contributed by atoms with Crippen molar-refractivity contribution in [2.75, 3.05) is 30.9 Å². The summed E-state index contributed by atoms with van der Waals surface area (Å²) >= 11 is 0. The summed E-state index contributed by atoms with van der Waals surface area (Å²) in [5.41, 5.74) is 1.11. The number of aryl methyl sites for hydroxylation is 1. The predicted molar refractivity (Wildman–Crippen MR) is 118 cm³/mol. The van der Waals surface area contributed by atoms with Gasteiger partial charge in [-0.05, 0) is 29.7 Å². The molecule has 0 unspecified atom stereocenters. The largest absolute Gasteiger partial charge is 0.493 e. The first-order chi connectivity index (χ1) is 15.2. The summed E-state index contributed by atoms with van der Waals surface area (Å²) in [6.45, 7) is 3.79. The van der Waals surface area contributed by atoms with Gasteiger partial charge in [-0.2, -0.15) is 0 Å². The molecule has 9 heteroatoms. The van der Waals surface area contributed by atoms with E-state index in [1.807, 2.05) is 24.2 Å². The number of ether oxygens (including phenoxy) is 1. The van der Waals surface area contributed by atoms with Crippen LogP contribution >= 0.6 is 0 Å². The maximum absolute atomic E-state index is 14.6. The molecule has 2 aromatic carbocycles. The molecule has 1 saturated heterocycles. The maximum atomic E-state index is 14.6. The Morgan fingerprint density at radius 1 is 1.06 bits per heavy atom. The lowest BCUT2D eigenvalue weighted by atomic mass is 10.0. The molecule has 0 radical (unpaired) electrons. The zero-order valence-corrected chi connectivity index (χ0v) is 18.6. The normalized spacial score (nSPS) is 14.3. The summed E-state index contributed by atoms with van der Waals surface area (Å²) in [4.78, 5) is 10.8. The minimum atomic E-state index is -3.39. The van der Waals surface area contributed by atoms with Crippen LogP contribution in [-0.2, 0) is 16.3 Å². The van der Waals surface area contributed by atoms with Crippen LogP contribution in [0.1, 0.15) is 12.5 Å². The van der Waals surface area contributed by atoms with Gasteiger partial charge in [-0.1, -0.05) is 19.1 Å². The van der Waals surface area contributed by atoms with Crippen molar-refractivity contribution in [3.05, 3.63) is 66.0 Å². The van der Waals surface area contributed by atoms with Crippen molar-refractivity contribution >= 4 is 15.8 Å². The van der Waals surface area contributed by atoms with Crippen LogP contribution in [0.4, 0.5) is 14.7 Å². The molecular weight excluding hydrogens is 436 g/mol. The molecule has 168 valence electrons. The number of rotatable bonds is 7. The van der Waals surface area contributed by atoms with Gasteiger partial charge in [0, 0.05) is 49.8 Å². The molecule has 0 amide bonds. The standard InChI is InChI=1S/C23H23F2N3O3S/c1-3-15-10-26-23(27-11-15)28-12-16(13-28)14-31-18-8-20(24)22(21(25)9-18)17-4-6-19(7-5-17)32(2,29)30/h4-11,16H,3,12-14H2,1-2H3. The van der Waals surface area contributed by atoms with Crippen molar-refractivity contribution in [3.63, 3.8) is 0 Å². The monoisotopic (exact) mass is 459 g/mol. The number of nitrogens with zero attached hydrogens (tertiary/aromatic N) is 3. The Bertz CT molecular complexity index is 1190. The Hall–Kier alpha value is -3.07. The first-order valence-electron chi connectivity index (χ1n) is 10.2. The van der Waals surface area contributed by atoms with Gasteiger partial charge in [0.05, 0.1) is 17.1 Å². The van der Waals surface area contributed by atoms with Crippen LogP contribution in [0.25, 0.3) is 11.1 Å². The smallest absolute Gasteiger partial charge is 0.225 e. The van der Waals surface area contributed by atoms with E-state index in [1.165, 1.54) is 24.3 Å². The molecule has 6 nitrogen and oxygen atoms in total. The fraction of sp³-hybridized carbons (Fsp3) is 0.304. The Labute approximate surface area is 185 Å². The van der Waals surface area contributed by atoms with Crippen LogP contribution in [0.2, 0.25) is 0 Å². The lowest BCUT2D eigenvalue weighted by Crippen LogP contribution is -2.50. The maximum Gasteiger partial charge on any atom is 0.225 e. The highest BCUT2D eigenvalue weighted by molar-refractivity contribution is 7.90. The quantitative estimate of drug-likeness (QED) is 0.534. The number of hydrogen-bond acceptors (Lipinski definition) is 6. The lowest BCUT2D eigenvalue weighted by Gasteiger charge is -2.38. The molecule has 0 bridgehead atoms. The van der Waals surface area contributed by atoms with Gasteiger partial charge < -0.3 is 9.64 Å². The second kappa shape index (κ2) is 8.82. The second-order valence-electron chi connectivity index (χ2n) is 7.89. The van der Waals surface area contributed by atoms with Gasteiger partial charge >= 0.3 is 0 Å². The molecule has 1 aliphatic rings. The van der Waals surface area contributed by atoms with Gasteiger partial charge in [-0.3, -0.25) is 0 Å².